The summed E-state index contributed by atoms with van der Waals surface area (Å²) in [7, 11) is 0. The third-order valence-electron chi connectivity index (χ3n) is 3.68. The fourth-order valence-corrected chi connectivity index (χ4v) is 2.27. The van der Waals surface area contributed by atoms with E-state index in [1.165, 1.54) is 6.07 Å². The van der Waals surface area contributed by atoms with Crippen molar-refractivity contribution in [1.82, 2.24) is 10.2 Å². The van der Waals surface area contributed by atoms with Crippen LogP contribution in [-0.4, -0.2) is 56.1 Å². The number of rotatable bonds is 5. The Labute approximate surface area is 135 Å². The first-order valence-corrected chi connectivity index (χ1v) is 7.71. The monoisotopic (exact) mass is 323 g/mol. The van der Waals surface area contributed by atoms with E-state index in [2.05, 4.69) is 15.5 Å². The third kappa shape index (κ3) is 5.61. The van der Waals surface area contributed by atoms with E-state index in [9.17, 15) is 14.0 Å². The number of carbonyl (C=O) groups excluding carboxylic acids is 2. The summed E-state index contributed by atoms with van der Waals surface area (Å²) >= 11 is 0. The number of hydrogen-bond donors (Lipinski definition) is 2. The highest BCUT2D eigenvalue weighted by atomic mass is 19.1. The lowest BCUT2D eigenvalue weighted by atomic mass is 10.2. The Morgan fingerprint density at radius 3 is 2.70 bits per heavy atom. The van der Waals surface area contributed by atoms with Gasteiger partial charge in [-0.3, -0.25) is 14.5 Å². The SMILES string of the molecule is Cc1ccc(NC(=O)C(=O)NCCCN2CCOCC2)cc1F. The summed E-state index contributed by atoms with van der Waals surface area (Å²) in [5, 5.41) is 4.95. The number of anilines is 1. The Morgan fingerprint density at radius 2 is 2.00 bits per heavy atom. The van der Waals surface area contributed by atoms with Gasteiger partial charge in [0.1, 0.15) is 5.82 Å². The second-order valence-electron chi connectivity index (χ2n) is 5.48. The molecule has 2 rings (SSSR count). The maximum absolute atomic E-state index is 13.4. The van der Waals surface area contributed by atoms with Crippen LogP contribution in [0.5, 0.6) is 0 Å². The summed E-state index contributed by atoms with van der Waals surface area (Å²) in [5.41, 5.74) is 0.747. The fourth-order valence-electron chi connectivity index (χ4n) is 2.27. The Balaban J connectivity index is 1.68. The Bertz CT molecular complexity index is 560. The molecule has 1 aliphatic heterocycles. The van der Waals surface area contributed by atoms with E-state index < -0.39 is 17.6 Å². The number of hydrogen-bond acceptors (Lipinski definition) is 4. The van der Waals surface area contributed by atoms with Crippen molar-refractivity contribution in [3.8, 4) is 0 Å². The summed E-state index contributed by atoms with van der Waals surface area (Å²) in [6.07, 6.45) is 0.762. The molecule has 23 heavy (non-hydrogen) atoms. The van der Waals surface area contributed by atoms with Crippen LogP contribution in [-0.2, 0) is 14.3 Å². The lowest BCUT2D eigenvalue weighted by Gasteiger charge is -2.26. The minimum absolute atomic E-state index is 0.265. The predicted octanol–water partition coefficient (Wildman–Crippen LogP) is 0.911. The largest absolute Gasteiger partial charge is 0.379 e. The van der Waals surface area contributed by atoms with Crippen LogP contribution in [0, 0.1) is 12.7 Å². The molecule has 0 aliphatic carbocycles. The van der Waals surface area contributed by atoms with E-state index in [1.807, 2.05) is 0 Å². The van der Waals surface area contributed by atoms with Gasteiger partial charge >= 0.3 is 11.8 Å². The van der Waals surface area contributed by atoms with Crippen molar-refractivity contribution in [1.29, 1.82) is 0 Å². The highest BCUT2D eigenvalue weighted by molar-refractivity contribution is 6.39. The highest BCUT2D eigenvalue weighted by Gasteiger charge is 2.14. The van der Waals surface area contributed by atoms with Crippen LogP contribution in [0.3, 0.4) is 0 Å². The number of ether oxygens (including phenoxy) is 1. The fraction of sp³-hybridized carbons (Fsp3) is 0.500. The molecule has 0 aromatic heterocycles. The second kappa shape index (κ2) is 8.59. The molecule has 7 heteroatoms. The molecule has 0 bridgehead atoms. The van der Waals surface area contributed by atoms with Gasteiger partial charge < -0.3 is 15.4 Å². The first-order chi connectivity index (χ1) is 11.1. The van der Waals surface area contributed by atoms with Crippen LogP contribution in [0.2, 0.25) is 0 Å². The van der Waals surface area contributed by atoms with Crippen molar-refractivity contribution in [2.45, 2.75) is 13.3 Å². The highest BCUT2D eigenvalue weighted by Crippen LogP contribution is 2.13. The van der Waals surface area contributed by atoms with Gasteiger partial charge in [0.25, 0.3) is 0 Å². The zero-order chi connectivity index (χ0) is 16.7. The molecule has 1 aromatic carbocycles. The molecule has 1 saturated heterocycles. The number of aryl methyl sites for hydroxylation is 1. The molecular formula is C16H22FN3O3. The normalized spacial score (nSPS) is 15.2. The van der Waals surface area contributed by atoms with E-state index in [0.717, 1.165) is 39.3 Å². The van der Waals surface area contributed by atoms with Crippen LogP contribution >= 0.6 is 0 Å². The first-order valence-electron chi connectivity index (χ1n) is 7.71. The average Bonchev–Trinajstić information content (AvgIpc) is 2.55. The average molecular weight is 323 g/mol. The minimum atomic E-state index is -0.792. The maximum Gasteiger partial charge on any atom is 0.313 e. The van der Waals surface area contributed by atoms with Crippen LogP contribution < -0.4 is 10.6 Å². The molecule has 0 unspecified atom stereocenters. The summed E-state index contributed by atoms with van der Waals surface area (Å²) in [6.45, 7) is 6.17. The summed E-state index contributed by atoms with van der Waals surface area (Å²) in [6, 6.07) is 4.30. The van der Waals surface area contributed by atoms with Crippen molar-refractivity contribution in [2.75, 3.05) is 44.7 Å². The summed E-state index contributed by atoms with van der Waals surface area (Å²) < 4.78 is 18.6. The van der Waals surface area contributed by atoms with Crippen LogP contribution in [0.4, 0.5) is 10.1 Å². The molecular weight excluding hydrogens is 301 g/mol. The Kier molecular flexibility index (Phi) is 6.49. The second-order valence-corrected chi connectivity index (χ2v) is 5.48. The van der Waals surface area contributed by atoms with E-state index in [1.54, 1.807) is 19.1 Å². The van der Waals surface area contributed by atoms with E-state index in [0.29, 0.717) is 12.1 Å². The number of nitrogens with zero attached hydrogens (tertiary/aromatic N) is 1. The van der Waals surface area contributed by atoms with Gasteiger partial charge in [0.15, 0.2) is 0 Å². The minimum Gasteiger partial charge on any atom is -0.379 e. The molecule has 6 nitrogen and oxygen atoms in total. The molecule has 0 spiro atoms. The number of carbonyl (C=O) groups is 2. The molecule has 0 saturated carbocycles. The van der Waals surface area contributed by atoms with Crippen molar-refractivity contribution in [3.05, 3.63) is 29.6 Å². The van der Waals surface area contributed by atoms with Gasteiger partial charge in [-0.25, -0.2) is 4.39 Å². The molecule has 0 atom stereocenters. The topological polar surface area (TPSA) is 70.7 Å². The number of halogens is 1. The molecule has 1 heterocycles. The van der Waals surface area contributed by atoms with Crippen molar-refractivity contribution < 1.29 is 18.7 Å². The molecule has 2 N–H and O–H groups in total. The number of morpholine rings is 1. The number of nitrogens with one attached hydrogen (secondary N) is 2. The van der Waals surface area contributed by atoms with Crippen molar-refractivity contribution >= 4 is 17.5 Å². The van der Waals surface area contributed by atoms with E-state index in [-0.39, 0.29) is 5.69 Å². The number of amides is 2. The van der Waals surface area contributed by atoms with E-state index >= 15 is 0 Å². The smallest absolute Gasteiger partial charge is 0.313 e. The Morgan fingerprint density at radius 1 is 1.26 bits per heavy atom. The van der Waals surface area contributed by atoms with Crippen molar-refractivity contribution in [2.24, 2.45) is 0 Å². The summed E-state index contributed by atoms with van der Waals surface area (Å²) in [5.74, 6) is -1.93. The number of benzene rings is 1. The van der Waals surface area contributed by atoms with Gasteiger partial charge in [-0.2, -0.15) is 0 Å². The molecule has 1 aliphatic rings. The van der Waals surface area contributed by atoms with Crippen LogP contribution in [0.15, 0.2) is 18.2 Å². The van der Waals surface area contributed by atoms with Gasteiger partial charge in [0.2, 0.25) is 0 Å². The van der Waals surface area contributed by atoms with Crippen LogP contribution in [0.25, 0.3) is 0 Å². The van der Waals surface area contributed by atoms with Gasteiger partial charge in [-0.05, 0) is 37.6 Å². The molecule has 2 amide bonds. The zero-order valence-corrected chi connectivity index (χ0v) is 13.2. The first kappa shape index (κ1) is 17.4. The van der Waals surface area contributed by atoms with Gasteiger partial charge in [0, 0.05) is 25.3 Å². The summed E-state index contributed by atoms with van der Waals surface area (Å²) in [4.78, 5) is 25.7. The molecule has 1 aromatic rings. The van der Waals surface area contributed by atoms with Gasteiger partial charge in [-0.15, -0.1) is 0 Å². The quantitative estimate of drug-likeness (QED) is 0.624. The molecule has 0 radical (unpaired) electrons. The van der Waals surface area contributed by atoms with E-state index in [4.69, 9.17) is 4.74 Å². The third-order valence-corrected chi connectivity index (χ3v) is 3.68. The van der Waals surface area contributed by atoms with Crippen LogP contribution in [0.1, 0.15) is 12.0 Å². The van der Waals surface area contributed by atoms with Gasteiger partial charge in [0.05, 0.1) is 13.2 Å². The Hall–Kier alpha value is -1.99. The van der Waals surface area contributed by atoms with Crippen molar-refractivity contribution in [3.63, 3.8) is 0 Å². The lowest BCUT2D eigenvalue weighted by Crippen LogP contribution is -2.39. The molecule has 1 fully saturated rings. The predicted molar refractivity (Wildman–Crippen MR) is 84.7 cm³/mol. The molecule has 126 valence electrons. The standard InChI is InChI=1S/C16H22FN3O3/c1-12-3-4-13(11-14(12)17)19-16(22)15(21)18-5-2-6-20-7-9-23-10-8-20/h3-4,11H,2,5-10H2,1H3,(H,18,21)(H,19,22). The maximum atomic E-state index is 13.4. The zero-order valence-electron chi connectivity index (χ0n) is 13.2. The lowest BCUT2D eigenvalue weighted by molar-refractivity contribution is -0.136. The van der Waals surface area contributed by atoms with Gasteiger partial charge in [-0.1, -0.05) is 6.07 Å².